The second-order valence-corrected chi connectivity index (χ2v) is 9.26. The Balaban J connectivity index is 1.75. The van der Waals surface area contributed by atoms with E-state index in [0.29, 0.717) is 40.9 Å². The van der Waals surface area contributed by atoms with Crippen molar-refractivity contribution >= 4 is 34.7 Å². The normalized spacial score (nSPS) is 11.1. The lowest BCUT2D eigenvalue weighted by atomic mass is 9.98. The van der Waals surface area contributed by atoms with Gasteiger partial charge in [0.2, 0.25) is 5.89 Å². The summed E-state index contributed by atoms with van der Waals surface area (Å²) in [6.45, 7) is 12.3. The number of benzene rings is 2. The van der Waals surface area contributed by atoms with E-state index in [2.05, 4.69) is 20.4 Å². The second-order valence-electron chi connectivity index (χ2n) is 8.42. The number of hydrogen-bond donors (Lipinski definition) is 0. The van der Waals surface area contributed by atoms with Gasteiger partial charge in [-0.2, -0.15) is 0 Å². The lowest BCUT2D eigenvalue weighted by Crippen LogP contribution is -2.08. The number of allylic oxidation sites excluding steroid dienone is 1. The molecule has 0 N–H and O–H groups in total. The summed E-state index contributed by atoms with van der Waals surface area (Å²) in [6, 6.07) is 11.1. The van der Waals surface area contributed by atoms with Gasteiger partial charge in [-0.25, -0.2) is 4.98 Å². The zero-order chi connectivity index (χ0) is 24.1. The van der Waals surface area contributed by atoms with Gasteiger partial charge in [-0.05, 0) is 73.2 Å². The van der Waals surface area contributed by atoms with Crippen LogP contribution in [0.3, 0.4) is 0 Å². The number of esters is 1. The van der Waals surface area contributed by atoms with Crippen molar-refractivity contribution in [3.05, 3.63) is 75.6 Å². The first-order chi connectivity index (χ1) is 15.7. The Bertz CT molecular complexity index is 1160. The molecule has 0 aliphatic heterocycles. The van der Waals surface area contributed by atoms with E-state index in [1.54, 1.807) is 12.1 Å². The molecule has 0 unspecified atom stereocenters. The monoisotopic (exact) mass is 485 g/mol. The molecule has 6 heteroatoms. The highest BCUT2D eigenvalue weighted by Gasteiger charge is 2.19. The number of carbonyl (C=O) groups excluding carboxylic acids is 1. The number of oxazole rings is 1. The third-order valence-corrected chi connectivity index (χ3v) is 5.89. The summed E-state index contributed by atoms with van der Waals surface area (Å²) >= 11 is 12.4. The summed E-state index contributed by atoms with van der Waals surface area (Å²) in [5, 5.41) is 1.07. The van der Waals surface area contributed by atoms with Crippen LogP contribution in [0.1, 0.15) is 68.5 Å². The van der Waals surface area contributed by atoms with Crippen molar-refractivity contribution in [3.8, 4) is 17.2 Å². The number of aromatic nitrogens is 1. The summed E-state index contributed by atoms with van der Waals surface area (Å²) in [4.78, 5) is 16.5. The first kappa shape index (κ1) is 25.1. The Hall–Kier alpha value is -2.56. The van der Waals surface area contributed by atoms with Crippen LogP contribution in [-0.2, 0) is 11.2 Å². The van der Waals surface area contributed by atoms with Crippen LogP contribution in [0, 0.1) is 6.92 Å². The maximum absolute atomic E-state index is 11.8. The number of carbonyl (C=O) groups is 1. The van der Waals surface area contributed by atoms with Crippen LogP contribution in [0.2, 0.25) is 10.0 Å². The summed E-state index contributed by atoms with van der Waals surface area (Å²) < 4.78 is 11.5. The van der Waals surface area contributed by atoms with E-state index in [-0.39, 0.29) is 11.9 Å². The first-order valence-electron chi connectivity index (χ1n) is 11.1. The standard InChI is InChI=1S/C27H29Cl2NO3/c1-6-7-25(31)32-24-13-9-19(14-18(24)5)17(4)8-12-23-26(16(2)3)33-27(30-23)21-11-10-20(28)15-22(21)29/h9-11,13-16H,4,6-8,12H2,1-3,5H3. The SMILES string of the molecule is C=C(CCc1nc(-c2ccc(Cl)cc2Cl)oc1C(C)C)c1ccc(OC(=O)CCC)c(C)c1. The minimum atomic E-state index is -0.212. The Labute approximate surface area is 205 Å². The van der Waals surface area contributed by atoms with Gasteiger partial charge < -0.3 is 9.15 Å². The maximum Gasteiger partial charge on any atom is 0.311 e. The molecule has 0 spiro atoms. The fraction of sp³-hybridized carbons (Fsp3) is 0.333. The third kappa shape index (κ3) is 6.27. The van der Waals surface area contributed by atoms with Gasteiger partial charge in [0.1, 0.15) is 11.5 Å². The van der Waals surface area contributed by atoms with E-state index >= 15 is 0 Å². The molecule has 4 nitrogen and oxygen atoms in total. The van der Waals surface area contributed by atoms with Crippen molar-refractivity contribution in [2.75, 3.05) is 0 Å². The Kier molecular flexibility index (Phi) is 8.39. The summed E-state index contributed by atoms with van der Waals surface area (Å²) in [5.41, 5.74) is 4.51. The van der Waals surface area contributed by atoms with Gasteiger partial charge >= 0.3 is 5.97 Å². The minimum Gasteiger partial charge on any atom is -0.441 e. The van der Waals surface area contributed by atoms with E-state index in [9.17, 15) is 4.79 Å². The molecule has 0 aliphatic carbocycles. The topological polar surface area (TPSA) is 52.3 Å². The summed E-state index contributed by atoms with van der Waals surface area (Å²) in [5.74, 6) is 1.90. The van der Waals surface area contributed by atoms with Crippen molar-refractivity contribution in [2.24, 2.45) is 0 Å². The van der Waals surface area contributed by atoms with Crippen molar-refractivity contribution in [1.82, 2.24) is 4.98 Å². The van der Waals surface area contributed by atoms with Crippen LogP contribution in [0.4, 0.5) is 0 Å². The van der Waals surface area contributed by atoms with Crippen LogP contribution in [-0.4, -0.2) is 11.0 Å². The van der Waals surface area contributed by atoms with E-state index < -0.39 is 0 Å². The third-order valence-electron chi connectivity index (χ3n) is 5.34. The predicted molar refractivity (Wildman–Crippen MR) is 135 cm³/mol. The van der Waals surface area contributed by atoms with Gasteiger partial charge in [-0.15, -0.1) is 0 Å². The molecule has 0 radical (unpaired) electrons. The average Bonchev–Trinajstić information content (AvgIpc) is 3.18. The molecule has 3 rings (SSSR count). The molecular weight excluding hydrogens is 457 g/mol. The minimum absolute atomic E-state index is 0.180. The lowest BCUT2D eigenvalue weighted by molar-refractivity contribution is -0.134. The molecule has 0 saturated heterocycles. The van der Waals surface area contributed by atoms with Crippen LogP contribution < -0.4 is 4.74 Å². The number of ether oxygens (including phenoxy) is 1. The number of nitrogens with zero attached hydrogens (tertiary/aromatic N) is 1. The predicted octanol–water partition coefficient (Wildman–Crippen LogP) is 8.43. The van der Waals surface area contributed by atoms with Gasteiger partial charge in [0.15, 0.2) is 0 Å². The molecule has 0 fully saturated rings. The van der Waals surface area contributed by atoms with Gasteiger partial charge in [0.05, 0.1) is 16.3 Å². The van der Waals surface area contributed by atoms with Crippen molar-refractivity contribution < 1.29 is 13.9 Å². The smallest absolute Gasteiger partial charge is 0.311 e. The van der Waals surface area contributed by atoms with Crippen LogP contribution in [0.5, 0.6) is 5.75 Å². The summed E-state index contributed by atoms with van der Waals surface area (Å²) in [7, 11) is 0. The molecule has 2 aromatic carbocycles. The van der Waals surface area contributed by atoms with Crippen LogP contribution in [0.15, 0.2) is 47.4 Å². The van der Waals surface area contributed by atoms with Crippen molar-refractivity contribution in [3.63, 3.8) is 0 Å². The Morgan fingerprint density at radius 1 is 1.15 bits per heavy atom. The van der Waals surface area contributed by atoms with Crippen LogP contribution in [0.25, 0.3) is 17.0 Å². The number of hydrogen-bond acceptors (Lipinski definition) is 4. The average molecular weight is 486 g/mol. The van der Waals surface area contributed by atoms with Gasteiger partial charge in [0.25, 0.3) is 0 Å². The second kappa shape index (κ2) is 11.0. The molecule has 1 heterocycles. The zero-order valence-electron chi connectivity index (χ0n) is 19.5. The highest BCUT2D eigenvalue weighted by molar-refractivity contribution is 6.36. The summed E-state index contributed by atoms with van der Waals surface area (Å²) in [6.07, 6.45) is 2.58. The Morgan fingerprint density at radius 2 is 1.91 bits per heavy atom. The van der Waals surface area contributed by atoms with E-state index in [1.807, 2.05) is 38.1 Å². The molecule has 0 aliphatic rings. The fourth-order valence-electron chi connectivity index (χ4n) is 3.55. The molecule has 3 aromatic rings. The molecule has 174 valence electrons. The molecule has 0 atom stereocenters. The number of rotatable bonds is 9. The molecule has 0 saturated carbocycles. The maximum atomic E-state index is 11.8. The quantitative estimate of drug-likeness (QED) is 0.225. The largest absolute Gasteiger partial charge is 0.441 e. The molecule has 0 amide bonds. The fourth-order valence-corrected chi connectivity index (χ4v) is 4.04. The van der Waals surface area contributed by atoms with Gasteiger partial charge in [0, 0.05) is 17.4 Å². The van der Waals surface area contributed by atoms with E-state index in [4.69, 9.17) is 37.3 Å². The Morgan fingerprint density at radius 3 is 2.55 bits per heavy atom. The van der Waals surface area contributed by atoms with Gasteiger partial charge in [-0.1, -0.05) is 56.6 Å². The van der Waals surface area contributed by atoms with Gasteiger partial charge in [-0.3, -0.25) is 4.79 Å². The zero-order valence-corrected chi connectivity index (χ0v) is 21.0. The van der Waals surface area contributed by atoms with Crippen LogP contribution >= 0.6 is 23.2 Å². The molecular formula is C27H29Cl2NO3. The molecule has 33 heavy (non-hydrogen) atoms. The highest BCUT2D eigenvalue weighted by Crippen LogP contribution is 2.34. The highest BCUT2D eigenvalue weighted by atomic mass is 35.5. The van der Waals surface area contributed by atoms with Crippen molar-refractivity contribution in [1.29, 1.82) is 0 Å². The van der Waals surface area contributed by atoms with E-state index in [0.717, 1.165) is 40.1 Å². The van der Waals surface area contributed by atoms with Crippen molar-refractivity contribution in [2.45, 2.75) is 59.3 Å². The number of aryl methyl sites for hydroxylation is 2. The number of halogens is 2. The first-order valence-corrected chi connectivity index (χ1v) is 11.9. The molecule has 0 bridgehead atoms. The molecule has 1 aromatic heterocycles. The van der Waals surface area contributed by atoms with E-state index in [1.165, 1.54) is 0 Å². The lowest BCUT2D eigenvalue weighted by Gasteiger charge is -2.11.